The normalized spacial score (nSPS) is 14.9. The van der Waals surface area contributed by atoms with Crippen LogP contribution in [0.5, 0.6) is 5.75 Å². The number of anilines is 1. The number of benzene rings is 3. The standard InChI is InChI=1S/C31H31FN4O4S/c1-39-17-7-16-33-26(37)19-35-27(38)20-41-30(22-10-6-11-23(32)18-22)28-29(21-8-4-3-5-9-21)34-36(31(28)35)24-12-14-25(40-2)15-13-24/h3-6,8-15,18,30H,7,16-17,19-20H2,1-2H3,(H,33,37). The van der Waals surface area contributed by atoms with Crippen molar-refractivity contribution in [2.75, 3.05) is 44.6 Å². The Bertz CT molecular complexity index is 1510. The first kappa shape index (κ1) is 28.4. The molecule has 0 saturated carbocycles. The maximum Gasteiger partial charge on any atom is 0.240 e. The molecule has 3 aromatic carbocycles. The fraction of sp³-hybridized carbons (Fsp3) is 0.258. The molecule has 1 aliphatic rings. The van der Waals surface area contributed by atoms with Gasteiger partial charge in [0.15, 0.2) is 0 Å². The van der Waals surface area contributed by atoms with Crippen molar-refractivity contribution in [1.82, 2.24) is 15.1 Å². The fourth-order valence-corrected chi connectivity index (χ4v) is 6.00. The van der Waals surface area contributed by atoms with Gasteiger partial charge in [-0.25, -0.2) is 9.07 Å². The van der Waals surface area contributed by atoms with Crippen molar-refractivity contribution >= 4 is 29.4 Å². The van der Waals surface area contributed by atoms with Gasteiger partial charge in [0.05, 0.1) is 29.5 Å². The van der Waals surface area contributed by atoms with Gasteiger partial charge in [-0.1, -0.05) is 42.5 Å². The van der Waals surface area contributed by atoms with Gasteiger partial charge in [0.2, 0.25) is 11.8 Å². The zero-order valence-electron chi connectivity index (χ0n) is 22.9. The number of aromatic nitrogens is 2. The van der Waals surface area contributed by atoms with Crippen LogP contribution in [0.25, 0.3) is 16.9 Å². The molecule has 41 heavy (non-hydrogen) atoms. The van der Waals surface area contributed by atoms with E-state index in [1.807, 2.05) is 60.7 Å². The second-order valence-corrected chi connectivity index (χ2v) is 10.6. The van der Waals surface area contributed by atoms with E-state index in [4.69, 9.17) is 14.6 Å². The van der Waals surface area contributed by atoms with Gasteiger partial charge in [0, 0.05) is 31.4 Å². The number of carbonyl (C=O) groups is 2. The van der Waals surface area contributed by atoms with Gasteiger partial charge in [-0.3, -0.25) is 14.5 Å². The van der Waals surface area contributed by atoms with Gasteiger partial charge in [0.25, 0.3) is 0 Å². The number of hydrogen-bond donors (Lipinski definition) is 1. The Balaban J connectivity index is 1.71. The minimum Gasteiger partial charge on any atom is -0.497 e. The second-order valence-electron chi connectivity index (χ2n) is 9.48. The molecule has 5 rings (SSSR count). The third-order valence-electron chi connectivity index (χ3n) is 6.75. The third-order valence-corrected chi connectivity index (χ3v) is 8.01. The average molecular weight is 575 g/mol. The van der Waals surface area contributed by atoms with Gasteiger partial charge < -0.3 is 14.8 Å². The highest BCUT2D eigenvalue weighted by molar-refractivity contribution is 8.00. The lowest BCUT2D eigenvalue weighted by atomic mass is 9.99. The molecule has 0 saturated heterocycles. The van der Waals surface area contributed by atoms with Gasteiger partial charge in [0.1, 0.15) is 23.9 Å². The zero-order chi connectivity index (χ0) is 28.8. The number of amides is 2. The van der Waals surface area contributed by atoms with Gasteiger partial charge in [-0.15, -0.1) is 11.8 Å². The van der Waals surface area contributed by atoms with Crippen molar-refractivity contribution in [2.24, 2.45) is 0 Å². The number of hydrogen-bond acceptors (Lipinski definition) is 6. The van der Waals surface area contributed by atoms with Gasteiger partial charge in [-0.05, 0) is 48.4 Å². The van der Waals surface area contributed by atoms with Crippen LogP contribution in [0.1, 0.15) is 22.8 Å². The highest BCUT2D eigenvalue weighted by atomic mass is 32.2. The van der Waals surface area contributed by atoms with Gasteiger partial charge in [-0.2, -0.15) is 5.10 Å². The zero-order valence-corrected chi connectivity index (χ0v) is 23.7. The molecule has 2 amide bonds. The Hall–Kier alpha value is -4.15. The highest BCUT2D eigenvalue weighted by Gasteiger charge is 2.37. The molecule has 4 aromatic rings. The number of fused-ring (bicyclic) bond motifs is 1. The highest BCUT2D eigenvalue weighted by Crippen LogP contribution is 2.48. The van der Waals surface area contributed by atoms with Crippen LogP contribution in [-0.4, -0.2) is 61.3 Å². The van der Waals surface area contributed by atoms with E-state index in [0.717, 1.165) is 11.1 Å². The maximum atomic E-state index is 14.5. The predicted molar refractivity (Wildman–Crippen MR) is 158 cm³/mol. The molecule has 1 unspecified atom stereocenters. The smallest absolute Gasteiger partial charge is 0.240 e. The molecule has 1 N–H and O–H groups in total. The number of rotatable bonds is 10. The molecule has 0 fully saturated rings. The molecule has 8 nitrogen and oxygen atoms in total. The summed E-state index contributed by atoms with van der Waals surface area (Å²) in [5, 5.41) is 7.50. The topological polar surface area (TPSA) is 85.7 Å². The monoisotopic (exact) mass is 574 g/mol. The Morgan fingerprint density at radius 2 is 1.85 bits per heavy atom. The molecule has 1 aliphatic heterocycles. The van der Waals surface area contributed by atoms with E-state index < -0.39 is 5.25 Å². The molecule has 0 aliphatic carbocycles. The number of nitrogens with zero attached hydrogens (tertiary/aromatic N) is 3. The molecule has 2 heterocycles. The van der Waals surface area contributed by atoms with Crippen molar-refractivity contribution in [1.29, 1.82) is 0 Å². The molecule has 212 valence electrons. The number of thioether (sulfide) groups is 1. The van der Waals surface area contributed by atoms with E-state index in [0.29, 0.717) is 48.1 Å². The summed E-state index contributed by atoms with van der Waals surface area (Å²) in [6, 6.07) is 23.4. The van der Waals surface area contributed by atoms with Crippen LogP contribution in [0.3, 0.4) is 0 Å². The average Bonchev–Trinajstić information content (AvgIpc) is 3.32. The molecular weight excluding hydrogens is 543 g/mol. The first-order valence-electron chi connectivity index (χ1n) is 13.3. The van der Waals surface area contributed by atoms with Gasteiger partial charge >= 0.3 is 0 Å². The molecule has 0 radical (unpaired) electrons. The van der Waals surface area contributed by atoms with E-state index in [1.54, 1.807) is 25.0 Å². The van der Waals surface area contributed by atoms with E-state index >= 15 is 0 Å². The molecule has 1 atom stereocenters. The Kier molecular flexibility index (Phi) is 9.01. The van der Waals surface area contributed by atoms with Crippen LogP contribution >= 0.6 is 11.8 Å². The first-order chi connectivity index (χ1) is 20.0. The summed E-state index contributed by atoms with van der Waals surface area (Å²) < 4.78 is 26.6. The maximum absolute atomic E-state index is 14.5. The third kappa shape index (κ3) is 6.28. The van der Waals surface area contributed by atoms with E-state index in [2.05, 4.69) is 5.32 Å². The summed E-state index contributed by atoms with van der Waals surface area (Å²) >= 11 is 1.40. The van der Waals surface area contributed by atoms with E-state index in [-0.39, 0.29) is 29.9 Å². The number of nitrogens with one attached hydrogen (secondary N) is 1. The molecule has 0 bridgehead atoms. The Morgan fingerprint density at radius 3 is 2.56 bits per heavy atom. The second kappa shape index (κ2) is 13.0. The first-order valence-corrected chi connectivity index (χ1v) is 14.3. The van der Waals surface area contributed by atoms with Crippen molar-refractivity contribution < 1.29 is 23.5 Å². The van der Waals surface area contributed by atoms with Crippen LogP contribution in [0.4, 0.5) is 10.2 Å². The van der Waals surface area contributed by atoms with Crippen LogP contribution in [0, 0.1) is 5.82 Å². The lowest BCUT2D eigenvalue weighted by molar-refractivity contribution is -0.122. The predicted octanol–water partition coefficient (Wildman–Crippen LogP) is 5.01. The van der Waals surface area contributed by atoms with Crippen LogP contribution < -0.4 is 15.0 Å². The summed E-state index contributed by atoms with van der Waals surface area (Å²) in [5.74, 6) is 0.354. The minimum absolute atomic E-state index is 0.101. The summed E-state index contributed by atoms with van der Waals surface area (Å²) in [6.45, 7) is 0.754. The largest absolute Gasteiger partial charge is 0.497 e. The lowest BCUT2D eigenvalue weighted by Crippen LogP contribution is -2.42. The number of halogens is 1. The molecule has 10 heteroatoms. The van der Waals surface area contributed by atoms with E-state index in [1.165, 1.54) is 28.8 Å². The van der Waals surface area contributed by atoms with Crippen molar-refractivity contribution in [3.8, 4) is 22.7 Å². The number of methoxy groups -OCH3 is 2. The fourth-order valence-electron chi connectivity index (χ4n) is 4.81. The molecule has 1 aromatic heterocycles. The van der Waals surface area contributed by atoms with Crippen LogP contribution in [-0.2, 0) is 14.3 Å². The quantitative estimate of drug-likeness (QED) is 0.268. The van der Waals surface area contributed by atoms with Crippen molar-refractivity contribution in [3.05, 3.63) is 95.8 Å². The Morgan fingerprint density at radius 1 is 1.07 bits per heavy atom. The summed E-state index contributed by atoms with van der Waals surface area (Å²) in [7, 11) is 3.20. The molecule has 0 spiro atoms. The summed E-state index contributed by atoms with van der Waals surface area (Å²) in [6.07, 6.45) is 0.654. The SMILES string of the molecule is COCCCNC(=O)CN1C(=O)CSC(c2cccc(F)c2)c2c(-c3ccccc3)nn(-c3ccc(OC)cc3)c21. The summed E-state index contributed by atoms with van der Waals surface area (Å²) in [4.78, 5) is 28.3. The molecular formula is C31H31FN4O4S. The van der Waals surface area contributed by atoms with E-state index in [9.17, 15) is 14.0 Å². The van der Waals surface area contributed by atoms with Crippen molar-refractivity contribution in [3.63, 3.8) is 0 Å². The summed E-state index contributed by atoms with van der Waals surface area (Å²) in [5.41, 5.74) is 3.63. The number of ether oxygens (including phenoxy) is 2. The lowest BCUT2D eigenvalue weighted by Gasteiger charge is -2.23. The Labute approximate surface area is 242 Å². The number of carbonyl (C=O) groups excluding carboxylic acids is 2. The minimum atomic E-state index is -0.415. The van der Waals surface area contributed by atoms with Crippen LogP contribution in [0.15, 0.2) is 78.9 Å². The van der Waals surface area contributed by atoms with Crippen LogP contribution in [0.2, 0.25) is 0 Å². The van der Waals surface area contributed by atoms with Crippen molar-refractivity contribution in [2.45, 2.75) is 11.7 Å².